The van der Waals surface area contributed by atoms with Gasteiger partial charge in [-0.05, 0) is 135 Å². The lowest BCUT2D eigenvalue weighted by Crippen LogP contribution is -2.28. The molecule has 310 valence electrons. The van der Waals surface area contributed by atoms with Gasteiger partial charge < -0.3 is 8.82 Å². The summed E-state index contributed by atoms with van der Waals surface area (Å²) in [5.74, 6) is 0.227. The third kappa shape index (κ3) is 3.88. The maximum absolute atomic E-state index is 7.62. The Morgan fingerprint density at radius 3 is 1.42 bits per heavy atom. The first-order chi connectivity index (χ1) is 32.6. The third-order valence-corrected chi connectivity index (χ3v) is 17.1. The minimum Gasteiger partial charge on any atom is -0.455 e. The van der Waals surface area contributed by atoms with Crippen molar-refractivity contribution in [2.75, 3.05) is 0 Å². The van der Waals surface area contributed by atoms with Gasteiger partial charge in [0.1, 0.15) is 11.2 Å². The van der Waals surface area contributed by atoms with Gasteiger partial charge in [-0.2, -0.15) is 0 Å². The Labute approximate surface area is 380 Å². The molecule has 4 nitrogen and oxygen atoms in total. The minimum atomic E-state index is 0.0457. The molecule has 19 rings (SSSR count). The van der Waals surface area contributed by atoms with E-state index < -0.39 is 0 Å². The number of hydrogen-bond donors (Lipinski definition) is 0. The van der Waals surface area contributed by atoms with Crippen LogP contribution in [0, 0.1) is 13.8 Å². The van der Waals surface area contributed by atoms with E-state index in [1.807, 2.05) is 0 Å². The smallest absolute Gasteiger partial charge is 0.144 e. The standard InChI is InChI=1S/C62H41N3O/c1-30-14-13-15-31(2)46(30)58-57-53-44(29-64-60-50-40-24-11-7-20-36(40)48(55(53)60)37-21-8-12-25-41(37)50)65-43-28-63-59-49-38-22-9-5-18-34(38)47(35-19-6-10-23-39(35)49)54(59)52(43)56(61(57)65)51-42-26-32-16-3-4-17-33(32)27-45(42)66-62(51)58/h5-15,18-29,47-50H,3-4,16-17H2,1-2H3. The fourth-order valence-electron chi connectivity index (χ4n) is 14.8. The summed E-state index contributed by atoms with van der Waals surface area (Å²) in [6.45, 7) is 4.58. The first-order valence-corrected chi connectivity index (χ1v) is 24.0. The van der Waals surface area contributed by atoms with Gasteiger partial charge in [-0.1, -0.05) is 115 Å². The van der Waals surface area contributed by atoms with Crippen LogP contribution >= 0.6 is 0 Å². The van der Waals surface area contributed by atoms with Crippen molar-refractivity contribution in [2.24, 2.45) is 0 Å². The van der Waals surface area contributed by atoms with Crippen molar-refractivity contribution in [3.05, 3.63) is 229 Å². The van der Waals surface area contributed by atoms with Crippen LogP contribution in [-0.4, -0.2) is 14.4 Å². The molecule has 0 spiro atoms. The molecule has 7 aliphatic rings. The predicted molar refractivity (Wildman–Crippen MR) is 265 cm³/mol. The van der Waals surface area contributed by atoms with Gasteiger partial charge in [-0.3, -0.25) is 9.97 Å². The van der Waals surface area contributed by atoms with E-state index in [1.165, 1.54) is 151 Å². The van der Waals surface area contributed by atoms with E-state index in [0.29, 0.717) is 0 Å². The number of benzene rings is 7. The second kappa shape index (κ2) is 11.8. The summed E-state index contributed by atoms with van der Waals surface area (Å²) in [5.41, 5.74) is 29.7. The van der Waals surface area contributed by atoms with Crippen molar-refractivity contribution in [1.29, 1.82) is 0 Å². The Morgan fingerprint density at radius 1 is 0.470 bits per heavy atom. The Hall–Kier alpha value is -7.56. The second-order valence-corrected chi connectivity index (χ2v) is 20.1. The average Bonchev–Trinajstić information content (AvgIpc) is 4.02. The fourth-order valence-corrected chi connectivity index (χ4v) is 14.8. The molecule has 0 N–H and O–H groups in total. The monoisotopic (exact) mass is 843 g/mol. The highest BCUT2D eigenvalue weighted by Gasteiger charge is 2.47. The van der Waals surface area contributed by atoms with Crippen LogP contribution in [0.3, 0.4) is 0 Å². The van der Waals surface area contributed by atoms with Gasteiger partial charge >= 0.3 is 0 Å². The number of nitrogens with zero attached hydrogens (tertiary/aromatic N) is 3. The zero-order valence-corrected chi connectivity index (χ0v) is 36.7. The van der Waals surface area contributed by atoms with Crippen LogP contribution in [0.15, 0.2) is 144 Å². The molecule has 0 saturated carbocycles. The van der Waals surface area contributed by atoms with Gasteiger partial charge in [0.15, 0.2) is 0 Å². The van der Waals surface area contributed by atoms with Crippen LogP contribution in [0.1, 0.15) is 126 Å². The van der Waals surface area contributed by atoms with Crippen LogP contribution < -0.4 is 0 Å². The van der Waals surface area contributed by atoms with Gasteiger partial charge in [0.25, 0.3) is 0 Å². The summed E-state index contributed by atoms with van der Waals surface area (Å²) in [6.07, 6.45) is 9.11. The molecule has 0 fully saturated rings. The van der Waals surface area contributed by atoms with Crippen LogP contribution in [0.25, 0.3) is 71.2 Å². The highest BCUT2D eigenvalue weighted by molar-refractivity contribution is 6.40. The quantitative estimate of drug-likeness (QED) is 0.165. The molecule has 0 atom stereocenters. The molecule has 0 unspecified atom stereocenters. The Kier molecular flexibility index (Phi) is 6.23. The zero-order chi connectivity index (χ0) is 42.8. The SMILES string of the molecule is Cc1cccc(C)c1-c1c2oc3cc4c(cc3c2c2c3c5c(ncc3n3c6cnc7c(c6c1c23)C1c2ccccc2C7c2ccccc21)C1c2ccccc2C5c2ccccc21)CCCC4. The highest BCUT2D eigenvalue weighted by atomic mass is 16.3. The maximum Gasteiger partial charge on any atom is 0.144 e. The van der Waals surface area contributed by atoms with Gasteiger partial charge in [-0.15, -0.1) is 0 Å². The summed E-state index contributed by atoms with van der Waals surface area (Å²) < 4.78 is 10.2. The highest BCUT2D eigenvalue weighted by Crippen LogP contribution is 2.63. The lowest BCUT2D eigenvalue weighted by molar-refractivity contribution is 0.660. The number of aryl methyl sites for hydroxylation is 4. The summed E-state index contributed by atoms with van der Waals surface area (Å²) in [7, 11) is 0. The van der Waals surface area contributed by atoms with Crippen molar-refractivity contribution in [1.82, 2.24) is 14.4 Å². The molecule has 4 bridgehead atoms. The Balaban J connectivity index is 1.14. The minimum absolute atomic E-state index is 0.0457. The molecule has 0 saturated heterocycles. The van der Waals surface area contributed by atoms with E-state index >= 15 is 0 Å². The summed E-state index contributed by atoms with van der Waals surface area (Å²) in [5, 5.41) is 7.66. The molecular weight excluding hydrogens is 803 g/mol. The molecule has 5 heterocycles. The predicted octanol–water partition coefficient (Wildman–Crippen LogP) is 14.7. The molecule has 0 aliphatic heterocycles. The lowest BCUT2D eigenvalue weighted by Gasteiger charge is -2.42. The first kappa shape index (κ1) is 34.8. The number of pyridine rings is 2. The van der Waals surface area contributed by atoms with E-state index in [-0.39, 0.29) is 23.7 Å². The van der Waals surface area contributed by atoms with Crippen molar-refractivity contribution < 1.29 is 4.42 Å². The van der Waals surface area contributed by atoms with Crippen molar-refractivity contribution >= 4 is 60.0 Å². The van der Waals surface area contributed by atoms with Gasteiger partial charge in [-0.25, -0.2) is 0 Å². The van der Waals surface area contributed by atoms with Crippen molar-refractivity contribution in [2.45, 2.75) is 63.2 Å². The molecule has 0 radical (unpaired) electrons. The number of rotatable bonds is 1. The lowest BCUT2D eigenvalue weighted by atomic mass is 9.62. The zero-order valence-electron chi connectivity index (χ0n) is 36.7. The molecule has 4 heteroatoms. The van der Waals surface area contributed by atoms with Crippen LogP contribution in [0.2, 0.25) is 0 Å². The molecule has 12 aromatic rings. The van der Waals surface area contributed by atoms with Crippen LogP contribution in [0.4, 0.5) is 0 Å². The van der Waals surface area contributed by atoms with Crippen molar-refractivity contribution in [3.8, 4) is 11.1 Å². The van der Waals surface area contributed by atoms with E-state index in [1.54, 1.807) is 0 Å². The molecule has 7 aromatic carbocycles. The summed E-state index contributed by atoms with van der Waals surface area (Å²) >= 11 is 0. The van der Waals surface area contributed by atoms with Crippen molar-refractivity contribution in [3.63, 3.8) is 0 Å². The number of hydrogen-bond acceptors (Lipinski definition) is 3. The topological polar surface area (TPSA) is 43.3 Å². The molecule has 0 amide bonds. The second-order valence-electron chi connectivity index (χ2n) is 20.1. The van der Waals surface area contributed by atoms with E-state index in [9.17, 15) is 0 Å². The number of aromatic nitrogens is 3. The summed E-state index contributed by atoms with van der Waals surface area (Å²) in [6, 6.07) is 48.4. The molecule has 5 aromatic heterocycles. The Morgan fingerprint density at radius 2 is 0.924 bits per heavy atom. The third-order valence-electron chi connectivity index (χ3n) is 17.1. The number of furan rings is 1. The number of fused-ring (bicyclic) bond motifs is 11. The molecular formula is C62H41N3O. The van der Waals surface area contributed by atoms with Gasteiger partial charge in [0.05, 0.1) is 52.2 Å². The van der Waals surface area contributed by atoms with E-state index in [2.05, 4.69) is 158 Å². The normalized spacial score (nSPS) is 19.4. The molecule has 66 heavy (non-hydrogen) atoms. The Bertz CT molecular complexity index is 4120. The summed E-state index contributed by atoms with van der Waals surface area (Å²) in [4.78, 5) is 11.3. The van der Waals surface area contributed by atoms with E-state index in [4.69, 9.17) is 14.4 Å². The van der Waals surface area contributed by atoms with Gasteiger partial charge in [0.2, 0.25) is 0 Å². The largest absolute Gasteiger partial charge is 0.455 e. The fraction of sp³-hybridized carbons (Fsp3) is 0.161. The first-order valence-electron chi connectivity index (χ1n) is 24.0. The average molecular weight is 844 g/mol. The van der Waals surface area contributed by atoms with Crippen LogP contribution in [0.5, 0.6) is 0 Å². The van der Waals surface area contributed by atoms with Gasteiger partial charge in [0, 0.05) is 49.7 Å². The molecule has 7 aliphatic carbocycles. The van der Waals surface area contributed by atoms with Crippen LogP contribution in [-0.2, 0) is 12.8 Å². The maximum atomic E-state index is 7.62. The van der Waals surface area contributed by atoms with E-state index in [0.717, 1.165) is 35.0 Å².